The second-order valence-corrected chi connectivity index (χ2v) is 4.67. The van der Waals surface area contributed by atoms with E-state index in [-0.39, 0.29) is 12.1 Å². The predicted molar refractivity (Wildman–Crippen MR) is 62.5 cm³/mol. The fourth-order valence-electron chi connectivity index (χ4n) is 1.80. The number of hydrogen-bond donors (Lipinski definition) is 1. The number of nitrogens with zero attached hydrogens (tertiary/aromatic N) is 2. The first-order chi connectivity index (χ1) is 8.84. The van der Waals surface area contributed by atoms with E-state index in [1.165, 1.54) is 32.2 Å². The quantitative estimate of drug-likeness (QED) is 0.577. The molecule has 3 amide bonds. The molecule has 0 aliphatic carbocycles. The lowest BCUT2D eigenvalue weighted by Crippen LogP contribution is -2.65. The van der Waals surface area contributed by atoms with Gasteiger partial charge >= 0.3 is 0 Å². The Balaban J connectivity index is 2.40. The molecule has 1 N–H and O–H groups in total. The standard InChI is InChI=1S/C12H12FN3O3/c1-12(2)11(19)15-8(17)6-16(12)10(18)7-4-3-5-14-9(7)13/h3-5H,6H2,1-2H3,(H,15,17,19). The Morgan fingerprint density at radius 2 is 2.16 bits per heavy atom. The summed E-state index contributed by atoms with van der Waals surface area (Å²) in [5.41, 5.74) is -1.49. The van der Waals surface area contributed by atoms with Gasteiger partial charge in [0.2, 0.25) is 11.9 Å². The maximum atomic E-state index is 13.5. The van der Waals surface area contributed by atoms with Crippen molar-refractivity contribution in [2.75, 3.05) is 6.54 Å². The number of amides is 3. The molecule has 1 fully saturated rings. The van der Waals surface area contributed by atoms with Crippen LogP contribution in [0.1, 0.15) is 24.2 Å². The SMILES string of the molecule is CC1(C)C(=O)NC(=O)CN1C(=O)c1cccnc1F. The molecular weight excluding hydrogens is 253 g/mol. The molecule has 1 aliphatic heterocycles. The highest BCUT2D eigenvalue weighted by molar-refractivity contribution is 6.08. The summed E-state index contributed by atoms with van der Waals surface area (Å²) in [5.74, 6) is -2.86. The van der Waals surface area contributed by atoms with Gasteiger partial charge in [-0.1, -0.05) is 0 Å². The number of hydrogen-bond acceptors (Lipinski definition) is 4. The van der Waals surface area contributed by atoms with Crippen LogP contribution in [0.15, 0.2) is 18.3 Å². The highest BCUT2D eigenvalue weighted by atomic mass is 19.1. The number of halogens is 1. The molecule has 2 rings (SSSR count). The average molecular weight is 265 g/mol. The second-order valence-electron chi connectivity index (χ2n) is 4.67. The molecule has 0 aromatic carbocycles. The molecule has 19 heavy (non-hydrogen) atoms. The average Bonchev–Trinajstić information content (AvgIpc) is 2.34. The number of carbonyl (C=O) groups excluding carboxylic acids is 3. The zero-order chi connectivity index (χ0) is 14.2. The fraction of sp³-hybridized carbons (Fsp3) is 0.333. The van der Waals surface area contributed by atoms with Crippen LogP contribution in [-0.4, -0.2) is 39.7 Å². The number of piperazine rings is 1. The normalized spacial score (nSPS) is 18.2. The van der Waals surface area contributed by atoms with Crippen LogP contribution in [0.25, 0.3) is 0 Å². The molecule has 6 nitrogen and oxygen atoms in total. The minimum absolute atomic E-state index is 0.266. The molecule has 0 radical (unpaired) electrons. The summed E-state index contributed by atoms with van der Waals surface area (Å²) in [6.45, 7) is 2.67. The highest BCUT2D eigenvalue weighted by Gasteiger charge is 2.44. The number of rotatable bonds is 1. The molecule has 1 aliphatic rings. The van der Waals surface area contributed by atoms with Crippen molar-refractivity contribution in [3.63, 3.8) is 0 Å². The number of imide groups is 1. The molecular formula is C12H12FN3O3. The van der Waals surface area contributed by atoms with Crippen LogP contribution in [0.2, 0.25) is 0 Å². The maximum Gasteiger partial charge on any atom is 0.259 e. The number of aromatic nitrogens is 1. The van der Waals surface area contributed by atoms with Crippen LogP contribution in [0, 0.1) is 5.95 Å². The summed E-state index contributed by atoms with van der Waals surface area (Å²) in [6, 6.07) is 2.67. The van der Waals surface area contributed by atoms with Crippen molar-refractivity contribution in [2.45, 2.75) is 19.4 Å². The summed E-state index contributed by atoms with van der Waals surface area (Å²) >= 11 is 0. The van der Waals surface area contributed by atoms with E-state index in [0.29, 0.717) is 0 Å². The Kier molecular flexibility index (Phi) is 3.05. The molecule has 100 valence electrons. The van der Waals surface area contributed by atoms with Crippen LogP contribution in [0.4, 0.5) is 4.39 Å². The van der Waals surface area contributed by atoms with Gasteiger partial charge in [0.15, 0.2) is 0 Å². The molecule has 1 saturated heterocycles. The van der Waals surface area contributed by atoms with Gasteiger partial charge in [0.05, 0.1) is 5.56 Å². The third-order valence-electron chi connectivity index (χ3n) is 3.02. The zero-order valence-corrected chi connectivity index (χ0v) is 10.4. The third kappa shape index (κ3) is 2.18. The van der Waals surface area contributed by atoms with Gasteiger partial charge in [-0.3, -0.25) is 19.7 Å². The van der Waals surface area contributed by atoms with Crippen LogP contribution >= 0.6 is 0 Å². The smallest absolute Gasteiger partial charge is 0.259 e. The predicted octanol–water partition coefficient (Wildman–Crippen LogP) is 0.0979. The van der Waals surface area contributed by atoms with Crippen molar-refractivity contribution in [3.05, 3.63) is 29.8 Å². The zero-order valence-electron chi connectivity index (χ0n) is 10.4. The summed E-state index contributed by atoms with van der Waals surface area (Å²) in [7, 11) is 0. The lowest BCUT2D eigenvalue weighted by Gasteiger charge is -2.40. The Labute approximate surface area is 108 Å². The maximum absolute atomic E-state index is 13.5. The third-order valence-corrected chi connectivity index (χ3v) is 3.02. The van der Waals surface area contributed by atoms with Gasteiger partial charge in [-0.05, 0) is 26.0 Å². The lowest BCUT2D eigenvalue weighted by atomic mass is 9.97. The van der Waals surface area contributed by atoms with E-state index < -0.39 is 29.2 Å². The first-order valence-corrected chi connectivity index (χ1v) is 5.61. The summed E-state index contributed by atoms with van der Waals surface area (Å²) in [6.07, 6.45) is 1.21. The van der Waals surface area contributed by atoms with E-state index in [1.807, 2.05) is 0 Å². The number of carbonyl (C=O) groups is 3. The molecule has 0 atom stereocenters. The number of nitrogens with one attached hydrogen (secondary N) is 1. The van der Waals surface area contributed by atoms with E-state index in [4.69, 9.17) is 0 Å². The molecule has 1 aromatic heterocycles. The van der Waals surface area contributed by atoms with Gasteiger partial charge in [0.1, 0.15) is 12.1 Å². The molecule has 7 heteroatoms. The van der Waals surface area contributed by atoms with Crippen LogP contribution in [0.3, 0.4) is 0 Å². The molecule has 2 heterocycles. The van der Waals surface area contributed by atoms with Crippen LogP contribution in [-0.2, 0) is 9.59 Å². The minimum Gasteiger partial charge on any atom is -0.315 e. The van der Waals surface area contributed by atoms with Crippen LogP contribution in [0.5, 0.6) is 0 Å². The van der Waals surface area contributed by atoms with Crippen molar-refractivity contribution < 1.29 is 18.8 Å². The van der Waals surface area contributed by atoms with Crippen LogP contribution < -0.4 is 5.32 Å². The summed E-state index contributed by atoms with van der Waals surface area (Å²) in [5, 5.41) is 2.14. The van der Waals surface area contributed by atoms with E-state index >= 15 is 0 Å². The van der Waals surface area contributed by atoms with E-state index in [0.717, 1.165) is 4.90 Å². The van der Waals surface area contributed by atoms with Gasteiger partial charge in [0, 0.05) is 6.20 Å². The van der Waals surface area contributed by atoms with Crippen molar-refractivity contribution in [1.82, 2.24) is 15.2 Å². The molecule has 0 unspecified atom stereocenters. The van der Waals surface area contributed by atoms with Gasteiger partial charge in [0.25, 0.3) is 11.8 Å². The Morgan fingerprint density at radius 1 is 1.47 bits per heavy atom. The second kappa shape index (κ2) is 4.42. The monoisotopic (exact) mass is 265 g/mol. The van der Waals surface area contributed by atoms with Crippen molar-refractivity contribution in [3.8, 4) is 0 Å². The summed E-state index contributed by atoms with van der Waals surface area (Å²) in [4.78, 5) is 39.7. The van der Waals surface area contributed by atoms with E-state index in [9.17, 15) is 18.8 Å². The summed E-state index contributed by atoms with van der Waals surface area (Å²) < 4.78 is 13.5. The molecule has 0 bridgehead atoms. The fourth-order valence-corrected chi connectivity index (χ4v) is 1.80. The lowest BCUT2D eigenvalue weighted by molar-refractivity contribution is -0.143. The molecule has 0 saturated carbocycles. The first kappa shape index (κ1) is 13.1. The largest absolute Gasteiger partial charge is 0.315 e. The first-order valence-electron chi connectivity index (χ1n) is 5.61. The molecule has 1 aromatic rings. The number of pyridine rings is 1. The van der Waals surface area contributed by atoms with Crippen molar-refractivity contribution in [1.29, 1.82) is 0 Å². The van der Waals surface area contributed by atoms with Gasteiger partial charge < -0.3 is 4.90 Å². The minimum atomic E-state index is -1.23. The van der Waals surface area contributed by atoms with E-state index in [2.05, 4.69) is 10.3 Å². The topological polar surface area (TPSA) is 79.4 Å². The Morgan fingerprint density at radius 3 is 2.79 bits per heavy atom. The highest BCUT2D eigenvalue weighted by Crippen LogP contribution is 2.21. The Bertz CT molecular complexity index is 571. The van der Waals surface area contributed by atoms with Crippen molar-refractivity contribution in [2.24, 2.45) is 0 Å². The van der Waals surface area contributed by atoms with Gasteiger partial charge in [-0.15, -0.1) is 0 Å². The Hall–Kier alpha value is -2.31. The van der Waals surface area contributed by atoms with Crippen molar-refractivity contribution >= 4 is 17.7 Å². The van der Waals surface area contributed by atoms with Gasteiger partial charge in [-0.2, -0.15) is 4.39 Å². The van der Waals surface area contributed by atoms with E-state index in [1.54, 1.807) is 0 Å². The molecule has 0 spiro atoms. The van der Waals surface area contributed by atoms with Gasteiger partial charge in [-0.25, -0.2) is 4.98 Å².